The van der Waals surface area contributed by atoms with E-state index in [1.807, 2.05) is 52.0 Å². The van der Waals surface area contributed by atoms with Crippen LogP contribution in [0.1, 0.15) is 35.6 Å². The minimum absolute atomic E-state index is 0.0316. The predicted octanol–water partition coefficient (Wildman–Crippen LogP) is 4.95. The first-order valence-electron chi connectivity index (χ1n) is 11.7. The molecule has 0 saturated carbocycles. The minimum Gasteiger partial charge on any atom is -0.495 e. The van der Waals surface area contributed by atoms with Crippen LogP contribution in [-0.2, 0) is 21.2 Å². The molecular weight excluding hydrogens is 460 g/mol. The van der Waals surface area contributed by atoms with Crippen LogP contribution >= 0.6 is 0 Å². The van der Waals surface area contributed by atoms with Crippen LogP contribution in [0.15, 0.2) is 71.6 Å². The molecule has 1 amide bonds. The van der Waals surface area contributed by atoms with Crippen molar-refractivity contribution in [1.82, 2.24) is 5.32 Å². The van der Waals surface area contributed by atoms with Crippen LogP contribution < -0.4 is 14.4 Å². The van der Waals surface area contributed by atoms with Crippen molar-refractivity contribution in [3.63, 3.8) is 0 Å². The first-order chi connectivity index (χ1) is 16.6. The number of amides is 1. The number of carbonyl (C=O) groups excluding carboxylic acids is 1. The van der Waals surface area contributed by atoms with Gasteiger partial charge in [-0.25, -0.2) is 8.42 Å². The summed E-state index contributed by atoms with van der Waals surface area (Å²) in [6, 6.07) is 20.5. The van der Waals surface area contributed by atoms with Gasteiger partial charge in [0.1, 0.15) is 17.2 Å². The maximum atomic E-state index is 13.9. The number of nitrogens with one attached hydrogen (secondary N) is 1. The highest BCUT2D eigenvalue weighted by atomic mass is 32.2. The molecule has 186 valence electrons. The Balaban J connectivity index is 1.88. The first-order valence-corrected chi connectivity index (χ1v) is 13.1. The fraction of sp³-hybridized carbons (Fsp3) is 0.321. The Morgan fingerprint density at radius 2 is 1.60 bits per heavy atom. The van der Waals surface area contributed by atoms with E-state index < -0.39 is 10.0 Å². The molecule has 7 heteroatoms. The predicted molar refractivity (Wildman–Crippen MR) is 141 cm³/mol. The van der Waals surface area contributed by atoms with Crippen LogP contribution in [0.5, 0.6) is 5.75 Å². The van der Waals surface area contributed by atoms with Crippen molar-refractivity contribution in [2.24, 2.45) is 0 Å². The Hall–Kier alpha value is -3.32. The highest BCUT2D eigenvalue weighted by molar-refractivity contribution is 7.93. The largest absolute Gasteiger partial charge is 0.495 e. The van der Waals surface area contributed by atoms with Crippen LogP contribution in [0, 0.1) is 20.8 Å². The van der Waals surface area contributed by atoms with E-state index in [1.54, 1.807) is 30.3 Å². The molecule has 0 aliphatic carbocycles. The zero-order chi connectivity index (χ0) is 25.6. The molecule has 0 radical (unpaired) electrons. The number of nitrogens with zero attached hydrogens (tertiary/aromatic N) is 1. The average Bonchev–Trinajstić information content (AvgIpc) is 2.81. The molecule has 1 atom stereocenters. The second-order valence-electron chi connectivity index (χ2n) is 9.00. The fourth-order valence-corrected chi connectivity index (χ4v) is 5.71. The molecular formula is C28H34N2O4S. The van der Waals surface area contributed by atoms with Gasteiger partial charge < -0.3 is 10.1 Å². The maximum absolute atomic E-state index is 13.9. The Kier molecular flexibility index (Phi) is 8.57. The molecule has 0 heterocycles. The molecule has 1 N–H and O–H groups in total. The van der Waals surface area contributed by atoms with Gasteiger partial charge in [0.15, 0.2) is 0 Å². The van der Waals surface area contributed by atoms with Crippen molar-refractivity contribution in [3.8, 4) is 5.75 Å². The second-order valence-corrected chi connectivity index (χ2v) is 10.8. The molecule has 0 fully saturated rings. The van der Waals surface area contributed by atoms with E-state index in [1.165, 1.54) is 17.0 Å². The fourth-order valence-electron chi connectivity index (χ4n) is 4.06. The van der Waals surface area contributed by atoms with E-state index in [2.05, 4.69) is 17.4 Å². The van der Waals surface area contributed by atoms with Gasteiger partial charge in [-0.1, -0.05) is 42.5 Å². The molecule has 0 spiro atoms. The number of rotatable bonds is 10. The van der Waals surface area contributed by atoms with Gasteiger partial charge in [-0.05, 0) is 87.1 Å². The Labute approximate surface area is 209 Å². The van der Waals surface area contributed by atoms with Crippen LogP contribution in [0.3, 0.4) is 0 Å². The van der Waals surface area contributed by atoms with E-state index in [-0.39, 0.29) is 29.1 Å². The van der Waals surface area contributed by atoms with E-state index >= 15 is 0 Å². The topological polar surface area (TPSA) is 75.7 Å². The Morgan fingerprint density at radius 1 is 0.943 bits per heavy atom. The molecule has 0 aromatic heterocycles. The number of anilines is 1. The number of sulfonamides is 1. The number of aryl methyl sites for hydroxylation is 4. The lowest BCUT2D eigenvalue weighted by Gasteiger charge is -2.26. The van der Waals surface area contributed by atoms with E-state index in [0.29, 0.717) is 5.69 Å². The van der Waals surface area contributed by atoms with Gasteiger partial charge >= 0.3 is 0 Å². The molecule has 6 nitrogen and oxygen atoms in total. The van der Waals surface area contributed by atoms with Crippen LogP contribution in [0.25, 0.3) is 0 Å². The first kappa shape index (κ1) is 26.3. The molecule has 3 rings (SSSR count). The Morgan fingerprint density at radius 3 is 2.23 bits per heavy atom. The zero-order valence-corrected chi connectivity index (χ0v) is 21.9. The van der Waals surface area contributed by atoms with E-state index in [9.17, 15) is 13.2 Å². The second kappa shape index (κ2) is 11.4. The average molecular weight is 495 g/mol. The quantitative estimate of drug-likeness (QED) is 0.433. The van der Waals surface area contributed by atoms with Crippen molar-refractivity contribution in [2.75, 3.05) is 18.0 Å². The number of ether oxygens (including phenoxy) is 1. The summed E-state index contributed by atoms with van der Waals surface area (Å²) in [6.07, 6.45) is 1.57. The lowest BCUT2D eigenvalue weighted by Crippen LogP contribution is -2.43. The molecule has 35 heavy (non-hydrogen) atoms. The summed E-state index contributed by atoms with van der Waals surface area (Å²) in [7, 11) is -2.66. The van der Waals surface area contributed by atoms with Crippen molar-refractivity contribution in [3.05, 3.63) is 89.0 Å². The van der Waals surface area contributed by atoms with Gasteiger partial charge in [-0.3, -0.25) is 9.10 Å². The lowest BCUT2D eigenvalue weighted by atomic mass is 10.1. The number of benzene rings is 3. The van der Waals surface area contributed by atoms with Gasteiger partial charge in [0, 0.05) is 6.04 Å². The maximum Gasteiger partial charge on any atom is 0.268 e. The summed E-state index contributed by atoms with van der Waals surface area (Å²) in [5.74, 6) is -0.124. The third-order valence-corrected chi connectivity index (χ3v) is 7.58. The molecule has 0 saturated heterocycles. The van der Waals surface area contributed by atoms with Crippen molar-refractivity contribution in [1.29, 1.82) is 0 Å². The molecule has 3 aromatic carbocycles. The molecule has 0 bridgehead atoms. The Bertz CT molecular complexity index is 1250. The van der Waals surface area contributed by atoms with Crippen molar-refractivity contribution in [2.45, 2.75) is 51.5 Å². The van der Waals surface area contributed by atoms with Gasteiger partial charge in [0.05, 0.1) is 12.8 Å². The summed E-state index contributed by atoms with van der Waals surface area (Å²) >= 11 is 0. The summed E-state index contributed by atoms with van der Waals surface area (Å²) < 4.78 is 34.3. The van der Waals surface area contributed by atoms with Crippen molar-refractivity contribution >= 4 is 21.6 Å². The minimum atomic E-state index is -4.09. The summed E-state index contributed by atoms with van der Waals surface area (Å²) in [5, 5.41) is 2.97. The highest BCUT2D eigenvalue weighted by Gasteiger charge is 2.30. The standard InChI is InChI=1S/C28H34N2O4S/c1-20-11-14-26(34-5)27(18-20)35(32,33)30(25-16-21(2)15-22(3)17-25)19-28(31)29-23(4)12-13-24-9-7-6-8-10-24/h6-11,14-18,23H,12-13,19H2,1-5H3,(H,29,31)/t23-/m0/s1. The SMILES string of the molecule is COc1ccc(C)cc1S(=O)(=O)N(CC(=O)N[C@@H](C)CCc1ccccc1)c1cc(C)cc(C)c1. The summed E-state index contributed by atoms with van der Waals surface area (Å²) in [5.41, 5.74) is 4.24. The van der Waals surface area contributed by atoms with Gasteiger partial charge in [0.2, 0.25) is 5.91 Å². The lowest BCUT2D eigenvalue weighted by molar-refractivity contribution is -0.120. The summed E-state index contributed by atoms with van der Waals surface area (Å²) in [4.78, 5) is 13.1. The smallest absolute Gasteiger partial charge is 0.268 e. The molecule has 0 aliphatic rings. The number of carbonyl (C=O) groups is 1. The van der Waals surface area contributed by atoms with E-state index in [4.69, 9.17) is 4.74 Å². The third kappa shape index (κ3) is 6.85. The van der Waals surface area contributed by atoms with Crippen molar-refractivity contribution < 1.29 is 17.9 Å². The molecule has 3 aromatic rings. The highest BCUT2D eigenvalue weighted by Crippen LogP contribution is 2.31. The molecule has 0 aliphatic heterocycles. The number of methoxy groups -OCH3 is 1. The van der Waals surface area contributed by atoms with E-state index in [0.717, 1.165) is 29.5 Å². The molecule has 0 unspecified atom stereocenters. The summed E-state index contributed by atoms with van der Waals surface area (Å²) in [6.45, 7) is 7.22. The number of hydrogen-bond acceptors (Lipinski definition) is 4. The van der Waals surface area contributed by atoms with Crippen LogP contribution in [0.2, 0.25) is 0 Å². The number of hydrogen-bond donors (Lipinski definition) is 1. The van der Waals surface area contributed by atoms with Crippen LogP contribution in [-0.4, -0.2) is 34.0 Å². The monoisotopic (exact) mass is 494 g/mol. The van der Waals surface area contributed by atoms with Crippen LogP contribution in [0.4, 0.5) is 5.69 Å². The van der Waals surface area contributed by atoms with Gasteiger partial charge in [0.25, 0.3) is 10.0 Å². The normalized spacial score (nSPS) is 12.1. The zero-order valence-electron chi connectivity index (χ0n) is 21.0. The third-order valence-electron chi connectivity index (χ3n) is 5.79. The van der Waals surface area contributed by atoms with Gasteiger partial charge in [-0.15, -0.1) is 0 Å². The van der Waals surface area contributed by atoms with Gasteiger partial charge in [-0.2, -0.15) is 0 Å².